The van der Waals surface area contributed by atoms with Crippen LogP contribution in [0, 0.1) is 0 Å². The summed E-state index contributed by atoms with van der Waals surface area (Å²) in [6.45, 7) is 1.05. The molecule has 0 bridgehead atoms. The molecule has 2 aromatic heterocycles. The second-order valence-electron chi connectivity index (χ2n) is 4.73. The molecule has 0 aliphatic heterocycles. The van der Waals surface area contributed by atoms with Crippen molar-refractivity contribution in [3.63, 3.8) is 0 Å². The third kappa shape index (κ3) is 3.73. The van der Waals surface area contributed by atoms with Gasteiger partial charge in [0.15, 0.2) is 0 Å². The Labute approximate surface area is 132 Å². The summed E-state index contributed by atoms with van der Waals surface area (Å²) in [7, 11) is 0. The molecule has 112 valence electrons. The van der Waals surface area contributed by atoms with Crippen LogP contribution in [0.1, 0.15) is 10.4 Å². The van der Waals surface area contributed by atoms with Crippen molar-refractivity contribution >= 4 is 17.4 Å². The molecule has 0 radical (unpaired) electrons. The number of aromatic nitrogens is 2. The van der Waals surface area contributed by atoms with Crippen molar-refractivity contribution in [3.05, 3.63) is 70.7 Å². The van der Waals surface area contributed by atoms with E-state index in [1.54, 1.807) is 22.2 Å². The molecule has 2 heterocycles. The van der Waals surface area contributed by atoms with E-state index in [2.05, 4.69) is 15.7 Å². The number of nitrogens with one attached hydrogen (secondary N) is 2. The van der Waals surface area contributed by atoms with Crippen LogP contribution in [0.5, 0.6) is 0 Å². The van der Waals surface area contributed by atoms with E-state index in [4.69, 9.17) is 0 Å². The van der Waals surface area contributed by atoms with E-state index in [0.717, 1.165) is 16.1 Å². The van der Waals surface area contributed by atoms with Crippen LogP contribution in [0.4, 0.5) is 4.79 Å². The summed E-state index contributed by atoms with van der Waals surface area (Å²) < 4.78 is 1.80. The predicted octanol–water partition coefficient (Wildman–Crippen LogP) is 2.93. The third-order valence-corrected chi connectivity index (χ3v) is 4.04. The number of hydrogen-bond acceptors (Lipinski definition) is 3. The van der Waals surface area contributed by atoms with E-state index >= 15 is 0 Å². The highest BCUT2D eigenvalue weighted by Crippen LogP contribution is 2.09. The van der Waals surface area contributed by atoms with Crippen LogP contribution in [0.2, 0.25) is 0 Å². The van der Waals surface area contributed by atoms with Crippen molar-refractivity contribution in [1.29, 1.82) is 0 Å². The van der Waals surface area contributed by atoms with Gasteiger partial charge in [0.05, 0.1) is 12.2 Å². The van der Waals surface area contributed by atoms with E-state index in [1.165, 1.54) is 0 Å². The Kier molecular flexibility index (Phi) is 4.50. The highest BCUT2D eigenvalue weighted by Gasteiger charge is 2.02. The van der Waals surface area contributed by atoms with Gasteiger partial charge in [0.25, 0.3) is 0 Å². The highest BCUT2D eigenvalue weighted by molar-refractivity contribution is 7.09. The van der Waals surface area contributed by atoms with Crippen molar-refractivity contribution in [2.24, 2.45) is 0 Å². The van der Waals surface area contributed by atoms with Gasteiger partial charge in [-0.15, -0.1) is 11.3 Å². The topological polar surface area (TPSA) is 59.0 Å². The van der Waals surface area contributed by atoms with Gasteiger partial charge in [-0.1, -0.05) is 18.2 Å². The minimum Gasteiger partial charge on any atom is -0.334 e. The largest absolute Gasteiger partial charge is 0.334 e. The lowest BCUT2D eigenvalue weighted by Gasteiger charge is -2.08. The molecule has 0 saturated carbocycles. The highest BCUT2D eigenvalue weighted by atomic mass is 32.1. The van der Waals surface area contributed by atoms with E-state index in [-0.39, 0.29) is 6.03 Å². The molecule has 0 saturated heterocycles. The first kappa shape index (κ1) is 14.3. The summed E-state index contributed by atoms with van der Waals surface area (Å²) in [4.78, 5) is 12.9. The molecule has 3 rings (SSSR count). The molecule has 0 spiro atoms. The predicted molar refractivity (Wildman–Crippen MR) is 87.0 cm³/mol. The van der Waals surface area contributed by atoms with Gasteiger partial charge in [-0.25, -0.2) is 9.48 Å². The second-order valence-corrected chi connectivity index (χ2v) is 5.76. The molecule has 0 atom stereocenters. The van der Waals surface area contributed by atoms with Crippen LogP contribution in [-0.2, 0) is 13.1 Å². The molecule has 0 aliphatic carbocycles. The van der Waals surface area contributed by atoms with Gasteiger partial charge in [-0.3, -0.25) is 0 Å². The van der Waals surface area contributed by atoms with Crippen LogP contribution < -0.4 is 10.6 Å². The van der Waals surface area contributed by atoms with E-state index in [9.17, 15) is 4.79 Å². The molecule has 1 aromatic carbocycles. The lowest BCUT2D eigenvalue weighted by Crippen LogP contribution is -2.34. The first-order valence-corrected chi connectivity index (χ1v) is 7.82. The average Bonchev–Trinajstić information content (AvgIpc) is 3.24. The Morgan fingerprint density at radius 1 is 1.09 bits per heavy atom. The van der Waals surface area contributed by atoms with Crippen molar-refractivity contribution in [3.8, 4) is 5.69 Å². The van der Waals surface area contributed by atoms with E-state index < -0.39 is 0 Å². The van der Waals surface area contributed by atoms with Crippen LogP contribution in [0.3, 0.4) is 0 Å². The Morgan fingerprint density at radius 3 is 2.59 bits per heavy atom. The van der Waals surface area contributed by atoms with Crippen LogP contribution >= 0.6 is 11.3 Å². The van der Waals surface area contributed by atoms with Gasteiger partial charge in [-0.05, 0) is 35.2 Å². The van der Waals surface area contributed by atoms with Crippen LogP contribution in [0.25, 0.3) is 5.69 Å². The lowest BCUT2D eigenvalue weighted by molar-refractivity contribution is 0.240. The number of benzene rings is 1. The monoisotopic (exact) mass is 312 g/mol. The van der Waals surface area contributed by atoms with E-state index in [0.29, 0.717) is 13.1 Å². The number of hydrogen-bond donors (Lipinski definition) is 2. The first-order chi connectivity index (χ1) is 10.8. The van der Waals surface area contributed by atoms with Crippen molar-refractivity contribution in [1.82, 2.24) is 20.4 Å². The van der Waals surface area contributed by atoms with Gasteiger partial charge < -0.3 is 10.6 Å². The van der Waals surface area contributed by atoms with Crippen LogP contribution in [0.15, 0.2) is 60.2 Å². The molecular formula is C16H16N4OS. The average molecular weight is 312 g/mol. The Balaban J connectivity index is 1.48. The Bertz CT molecular complexity index is 705. The molecule has 2 N–H and O–H groups in total. The first-order valence-electron chi connectivity index (χ1n) is 6.94. The molecule has 6 heteroatoms. The minimum atomic E-state index is -0.162. The number of amides is 2. The number of urea groups is 1. The summed E-state index contributed by atoms with van der Waals surface area (Å²) in [5.74, 6) is 0. The molecule has 5 nitrogen and oxygen atoms in total. The smallest absolute Gasteiger partial charge is 0.315 e. The maximum absolute atomic E-state index is 11.7. The second kappa shape index (κ2) is 6.91. The number of carbonyl (C=O) groups excluding carboxylic acids is 1. The normalized spacial score (nSPS) is 10.4. The van der Waals surface area contributed by atoms with Crippen molar-refractivity contribution < 1.29 is 4.79 Å². The summed E-state index contributed by atoms with van der Waals surface area (Å²) in [5, 5.41) is 11.9. The number of rotatable bonds is 5. The fourth-order valence-electron chi connectivity index (χ4n) is 2.01. The Morgan fingerprint density at radius 2 is 1.91 bits per heavy atom. The summed E-state index contributed by atoms with van der Waals surface area (Å²) in [6, 6.07) is 13.6. The molecule has 0 fully saturated rings. The molecular weight excluding hydrogens is 296 g/mol. The van der Waals surface area contributed by atoms with Crippen molar-refractivity contribution in [2.75, 3.05) is 0 Å². The molecule has 22 heavy (non-hydrogen) atoms. The van der Waals surface area contributed by atoms with Crippen molar-refractivity contribution in [2.45, 2.75) is 13.1 Å². The zero-order valence-corrected chi connectivity index (χ0v) is 12.7. The number of carbonyl (C=O) groups is 1. The molecule has 3 aromatic rings. The van der Waals surface area contributed by atoms with Gasteiger partial charge in [0.1, 0.15) is 0 Å². The lowest BCUT2D eigenvalue weighted by atomic mass is 10.2. The summed E-state index contributed by atoms with van der Waals surface area (Å²) in [6.07, 6.45) is 3.64. The molecule has 0 aliphatic rings. The van der Waals surface area contributed by atoms with E-state index in [1.807, 2.05) is 54.0 Å². The quantitative estimate of drug-likeness (QED) is 0.761. The third-order valence-electron chi connectivity index (χ3n) is 3.16. The fraction of sp³-hybridized carbons (Fsp3) is 0.125. The summed E-state index contributed by atoms with van der Waals surface area (Å²) >= 11 is 1.63. The van der Waals surface area contributed by atoms with Gasteiger partial charge in [0, 0.05) is 23.8 Å². The standard InChI is InChI=1S/C16H16N4OS/c21-16(18-12-15-3-1-10-22-15)17-11-13-4-6-14(7-5-13)20-9-2-8-19-20/h1-10H,11-12H2,(H2,17,18,21). The summed E-state index contributed by atoms with van der Waals surface area (Å²) in [5.41, 5.74) is 2.04. The minimum absolute atomic E-state index is 0.162. The number of nitrogens with zero attached hydrogens (tertiary/aromatic N) is 2. The molecule has 0 unspecified atom stereocenters. The maximum Gasteiger partial charge on any atom is 0.315 e. The zero-order valence-electron chi connectivity index (χ0n) is 11.9. The fourth-order valence-corrected chi connectivity index (χ4v) is 2.66. The Hall–Kier alpha value is -2.60. The van der Waals surface area contributed by atoms with Gasteiger partial charge >= 0.3 is 6.03 Å². The van der Waals surface area contributed by atoms with Gasteiger partial charge in [-0.2, -0.15) is 5.10 Å². The van der Waals surface area contributed by atoms with Crippen LogP contribution in [-0.4, -0.2) is 15.8 Å². The molecule has 2 amide bonds. The van der Waals surface area contributed by atoms with Gasteiger partial charge in [0.2, 0.25) is 0 Å². The number of thiophene rings is 1. The maximum atomic E-state index is 11.7. The zero-order chi connectivity index (χ0) is 15.2. The SMILES string of the molecule is O=C(NCc1ccc(-n2cccn2)cc1)NCc1cccs1.